The Kier molecular flexibility index (Phi) is 3.60. The van der Waals surface area contributed by atoms with Crippen LogP contribution < -0.4 is 0 Å². The summed E-state index contributed by atoms with van der Waals surface area (Å²) in [5.74, 6) is -1.93. The molecule has 0 heterocycles. The second-order valence-corrected chi connectivity index (χ2v) is 2.57. The number of rotatable bonds is 4. The van der Waals surface area contributed by atoms with Gasteiger partial charge in [-0.1, -0.05) is 45.7 Å². The lowest BCUT2D eigenvalue weighted by Crippen LogP contribution is -2.15. The zero-order valence-electron chi connectivity index (χ0n) is 7.91. The summed E-state index contributed by atoms with van der Waals surface area (Å²) in [7, 11) is 0. The van der Waals surface area contributed by atoms with Gasteiger partial charge in [0.2, 0.25) is 5.79 Å². The summed E-state index contributed by atoms with van der Waals surface area (Å²) in [5, 5.41) is 9.74. The van der Waals surface area contributed by atoms with Crippen molar-refractivity contribution in [3.05, 3.63) is 67.2 Å². The maximum atomic E-state index is 8.41. The quantitative estimate of drug-likeness (QED) is 0.409. The van der Waals surface area contributed by atoms with E-state index in [0.29, 0.717) is 5.56 Å². The normalized spacial score (nSPS) is 12.2. The zero-order valence-corrected chi connectivity index (χ0v) is 7.91. The second kappa shape index (κ2) is 5.14. The topological polar surface area (TPSA) is 146 Å². The van der Waals surface area contributed by atoms with Gasteiger partial charge in [0.15, 0.2) is 0 Å². The number of nitrogens with zero attached hydrogens (tertiary/aromatic N) is 9. The molecular formula is C7H5N9. The maximum absolute atomic E-state index is 8.41. The average Bonchev–Trinajstić information content (AvgIpc) is 2.31. The van der Waals surface area contributed by atoms with Gasteiger partial charge in [-0.15, -0.1) is 0 Å². The summed E-state index contributed by atoms with van der Waals surface area (Å²) in [6.07, 6.45) is 0. The van der Waals surface area contributed by atoms with Crippen molar-refractivity contribution in [3.63, 3.8) is 0 Å². The summed E-state index contributed by atoms with van der Waals surface area (Å²) < 4.78 is 0. The first kappa shape index (κ1) is 11.2. The monoisotopic (exact) mass is 215 g/mol. The largest absolute Gasteiger partial charge is 0.229 e. The van der Waals surface area contributed by atoms with Crippen LogP contribution in [0.4, 0.5) is 0 Å². The molecule has 78 valence electrons. The predicted molar refractivity (Wildman–Crippen MR) is 55.6 cm³/mol. The molecule has 0 spiro atoms. The van der Waals surface area contributed by atoms with E-state index in [9.17, 15) is 0 Å². The summed E-state index contributed by atoms with van der Waals surface area (Å²) >= 11 is 0. The Hall–Kier alpha value is -2.85. The van der Waals surface area contributed by atoms with Crippen molar-refractivity contribution in [2.24, 2.45) is 15.3 Å². The minimum atomic E-state index is -1.93. The second-order valence-electron chi connectivity index (χ2n) is 2.57. The number of benzene rings is 1. The van der Waals surface area contributed by atoms with Crippen LogP contribution in [0.3, 0.4) is 0 Å². The van der Waals surface area contributed by atoms with Gasteiger partial charge in [0.25, 0.3) is 0 Å². The highest BCUT2D eigenvalue weighted by Crippen LogP contribution is 2.29. The third-order valence-electron chi connectivity index (χ3n) is 1.71. The van der Waals surface area contributed by atoms with Gasteiger partial charge in [0.05, 0.1) is 0 Å². The molecule has 1 aromatic rings. The molecule has 0 aliphatic rings. The summed E-state index contributed by atoms with van der Waals surface area (Å²) in [6.45, 7) is 0. The molecular weight excluding hydrogens is 210 g/mol. The molecule has 16 heavy (non-hydrogen) atoms. The minimum Gasteiger partial charge on any atom is -0.0702 e. The van der Waals surface area contributed by atoms with Crippen LogP contribution in [0.15, 0.2) is 45.7 Å². The van der Waals surface area contributed by atoms with Crippen LogP contribution in [0.25, 0.3) is 31.3 Å². The molecule has 1 rings (SSSR count). The Morgan fingerprint density at radius 1 is 0.812 bits per heavy atom. The van der Waals surface area contributed by atoms with Crippen LogP contribution in [-0.4, -0.2) is 0 Å². The molecule has 9 nitrogen and oxygen atoms in total. The fraction of sp³-hybridized carbons (Fsp3) is 0.143. The van der Waals surface area contributed by atoms with E-state index in [1.165, 1.54) is 12.1 Å². The van der Waals surface area contributed by atoms with Gasteiger partial charge < -0.3 is 0 Å². The van der Waals surface area contributed by atoms with E-state index in [4.69, 9.17) is 16.6 Å². The highest BCUT2D eigenvalue weighted by molar-refractivity contribution is 5.23. The van der Waals surface area contributed by atoms with Crippen LogP contribution in [-0.2, 0) is 5.79 Å². The van der Waals surface area contributed by atoms with Crippen LogP contribution in [0, 0.1) is 0 Å². The smallest absolute Gasteiger partial charge is 0.0702 e. The van der Waals surface area contributed by atoms with Crippen molar-refractivity contribution in [2.75, 3.05) is 0 Å². The predicted octanol–water partition coefficient (Wildman–Crippen LogP) is 3.73. The summed E-state index contributed by atoms with van der Waals surface area (Å²) in [5.41, 5.74) is 25.5. The van der Waals surface area contributed by atoms with Gasteiger partial charge in [-0.3, -0.25) is 0 Å². The Morgan fingerprint density at radius 2 is 1.25 bits per heavy atom. The lowest BCUT2D eigenvalue weighted by molar-refractivity contribution is 0.480. The molecule has 0 saturated carbocycles. The fourth-order valence-electron chi connectivity index (χ4n) is 1.08. The fourth-order valence-corrected chi connectivity index (χ4v) is 1.08. The number of hydrogen-bond donors (Lipinski definition) is 0. The van der Waals surface area contributed by atoms with E-state index in [-0.39, 0.29) is 0 Å². The van der Waals surface area contributed by atoms with E-state index >= 15 is 0 Å². The first-order chi connectivity index (χ1) is 7.79. The Morgan fingerprint density at radius 3 is 1.62 bits per heavy atom. The molecule has 9 heteroatoms. The molecule has 0 bridgehead atoms. The van der Waals surface area contributed by atoms with Crippen LogP contribution in [0.1, 0.15) is 5.56 Å². The van der Waals surface area contributed by atoms with Gasteiger partial charge >= 0.3 is 0 Å². The standard InChI is InChI=1S/C7H5N9/c8-14-11-7(12-15-9,13-16-10)6-4-2-1-3-5-6/h1-5H. The summed E-state index contributed by atoms with van der Waals surface area (Å²) in [4.78, 5) is 7.55. The third-order valence-corrected chi connectivity index (χ3v) is 1.71. The average molecular weight is 215 g/mol. The van der Waals surface area contributed by atoms with Crippen molar-refractivity contribution in [1.82, 2.24) is 0 Å². The van der Waals surface area contributed by atoms with Crippen molar-refractivity contribution < 1.29 is 0 Å². The molecule has 0 aliphatic carbocycles. The molecule has 0 aliphatic heterocycles. The molecule has 0 fully saturated rings. The molecule has 0 aromatic heterocycles. The Labute approximate surface area is 89.2 Å². The molecule has 0 N–H and O–H groups in total. The zero-order chi connectivity index (χ0) is 11.9. The van der Waals surface area contributed by atoms with E-state index in [1.54, 1.807) is 18.2 Å². The lowest BCUT2D eigenvalue weighted by atomic mass is 10.1. The first-order valence-corrected chi connectivity index (χ1v) is 4.03. The van der Waals surface area contributed by atoms with Crippen molar-refractivity contribution in [2.45, 2.75) is 5.79 Å². The van der Waals surface area contributed by atoms with E-state index in [1.807, 2.05) is 0 Å². The highest BCUT2D eigenvalue weighted by atomic mass is 15.4. The Balaban J connectivity index is 3.49. The lowest BCUT2D eigenvalue weighted by Gasteiger charge is -2.16. The molecule has 0 unspecified atom stereocenters. The van der Waals surface area contributed by atoms with E-state index in [0.717, 1.165) is 0 Å². The van der Waals surface area contributed by atoms with Gasteiger partial charge in [-0.2, -0.15) is 0 Å². The first-order valence-electron chi connectivity index (χ1n) is 4.03. The molecule has 0 amide bonds. The van der Waals surface area contributed by atoms with Crippen LogP contribution in [0.5, 0.6) is 0 Å². The Bertz CT molecular complexity index is 456. The van der Waals surface area contributed by atoms with Gasteiger partial charge in [-0.05, 0) is 22.2 Å². The van der Waals surface area contributed by atoms with Gasteiger partial charge in [0, 0.05) is 14.7 Å². The molecule has 1 aromatic carbocycles. The van der Waals surface area contributed by atoms with E-state index < -0.39 is 5.79 Å². The van der Waals surface area contributed by atoms with Gasteiger partial charge in [-0.25, -0.2) is 0 Å². The maximum Gasteiger partial charge on any atom is 0.229 e. The number of hydrogen-bond acceptors (Lipinski definition) is 3. The number of azide groups is 1. The molecule has 0 saturated heterocycles. The van der Waals surface area contributed by atoms with Crippen molar-refractivity contribution in [3.8, 4) is 0 Å². The minimum absolute atomic E-state index is 0.295. The van der Waals surface area contributed by atoms with Crippen molar-refractivity contribution >= 4 is 0 Å². The van der Waals surface area contributed by atoms with Crippen molar-refractivity contribution in [1.29, 1.82) is 0 Å². The van der Waals surface area contributed by atoms with Crippen LogP contribution >= 0.6 is 0 Å². The SMILES string of the molecule is [N-]=[N+]=NC(N=[N+]=[N-])(N=[N+]=[N-])c1ccccc1. The summed E-state index contributed by atoms with van der Waals surface area (Å²) in [6, 6.07) is 8.04. The molecule has 0 radical (unpaired) electrons. The molecule has 0 atom stereocenters. The van der Waals surface area contributed by atoms with Gasteiger partial charge in [0.1, 0.15) is 0 Å². The highest BCUT2D eigenvalue weighted by Gasteiger charge is 2.28. The van der Waals surface area contributed by atoms with Crippen LogP contribution in [0.2, 0.25) is 0 Å². The van der Waals surface area contributed by atoms with E-state index in [2.05, 4.69) is 30.1 Å². The third kappa shape index (κ3) is 2.14.